The Bertz CT molecular complexity index is 1080. The van der Waals surface area contributed by atoms with Crippen LogP contribution >= 0.6 is 12.0 Å². The average Bonchev–Trinajstić information content (AvgIpc) is 3.02. The summed E-state index contributed by atoms with van der Waals surface area (Å²) >= 11 is 1.05. The van der Waals surface area contributed by atoms with Crippen molar-refractivity contribution in [1.82, 2.24) is 10.6 Å². The molecule has 2 amide bonds. The Kier molecular flexibility index (Phi) is 19.2. The maximum Gasteiger partial charge on any atom is 1.00 e. The second-order valence-electron chi connectivity index (χ2n) is 12.4. The van der Waals surface area contributed by atoms with Crippen molar-refractivity contribution in [2.24, 2.45) is 20.5 Å². The first-order valence-corrected chi connectivity index (χ1v) is 17.9. The van der Waals surface area contributed by atoms with Gasteiger partial charge in [-0.3, -0.25) is 5.04 Å². The Morgan fingerprint density at radius 3 is 1.67 bits per heavy atom. The fourth-order valence-corrected chi connectivity index (χ4v) is 8.52. The van der Waals surface area contributed by atoms with Crippen molar-refractivity contribution >= 4 is 28.2 Å². The molecule has 10 unspecified atom stereocenters. The Morgan fingerprint density at radius 2 is 1.20 bits per heavy atom. The molecule has 4 rings (SSSR count). The standard InChI is InChI=1S/C27H48N6O9S2.2Li/c1-39-25-15-19(32-30-17-5-3-7-21(13-17)43-42-41-35)9-11-23(25)28-27(34)29-24-12-10-20(16-26(24)40-2)33-31-18-6-4-8-22(14-18)44(36,37)38;;/h17-26,35H,3-16H2,1-2H3,(H2,28,29,34)(H,36,37,38);;/q;2*+1/p-2. The summed E-state index contributed by atoms with van der Waals surface area (Å²) in [6.07, 6.45) is 9.33. The summed E-state index contributed by atoms with van der Waals surface area (Å²) in [4.78, 5) is 13.0. The average molecular weight is 677 g/mol. The van der Waals surface area contributed by atoms with Crippen LogP contribution < -0.4 is 53.6 Å². The summed E-state index contributed by atoms with van der Waals surface area (Å²) < 4.78 is 50.2. The number of nitrogens with zero attached hydrogens (tertiary/aromatic N) is 4. The van der Waals surface area contributed by atoms with Gasteiger partial charge in [-0.15, -0.1) is 0 Å². The molecule has 0 aliphatic heterocycles. The van der Waals surface area contributed by atoms with Crippen molar-refractivity contribution in [3.8, 4) is 0 Å². The summed E-state index contributed by atoms with van der Waals surface area (Å²) in [5.41, 5.74) is 0. The minimum atomic E-state index is -4.31. The summed E-state index contributed by atoms with van der Waals surface area (Å²) in [6.45, 7) is 0. The molecule has 2 N–H and O–H groups in total. The van der Waals surface area contributed by atoms with Gasteiger partial charge in [0, 0.05) is 31.5 Å². The molecular weight excluding hydrogens is 630 g/mol. The van der Waals surface area contributed by atoms with E-state index in [0.717, 1.165) is 50.6 Å². The van der Waals surface area contributed by atoms with Gasteiger partial charge in [0.15, 0.2) is 0 Å². The van der Waals surface area contributed by atoms with Crippen LogP contribution in [0.25, 0.3) is 0 Å². The van der Waals surface area contributed by atoms with Gasteiger partial charge in [0.25, 0.3) is 0 Å². The molecule has 4 saturated carbocycles. The molecule has 0 saturated heterocycles. The predicted molar refractivity (Wildman–Crippen MR) is 157 cm³/mol. The van der Waals surface area contributed by atoms with E-state index in [0.29, 0.717) is 44.9 Å². The predicted octanol–water partition coefficient (Wildman–Crippen LogP) is -2.89. The molecule has 0 radical (unpaired) electrons. The van der Waals surface area contributed by atoms with E-state index in [1.807, 2.05) is 0 Å². The number of azo groups is 2. The Hall–Kier alpha value is -0.275. The van der Waals surface area contributed by atoms with Gasteiger partial charge in [-0.1, -0.05) is 12.8 Å². The third-order valence-electron chi connectivity index (χ3n) is 9.36. The minimum absolute atomic E-state index is 0. The van der Waals surface area contributed by atoms with Gasteiger partial charge in [-0.05, 0) is 77.0 Å². The summed E-state index contributed by atoms with van der Waals surface area (Å²) in [7, 11) is -1.06. The molecule has 4 fully saturated rings. The zero-order chi connectivity index (χ0) is 31.5. The van der Waals surface area contributed by atoms with Crippen LogP contribution in [0.2, 0.25) is 0 Å². The van der Waals surface area contributed by atoms with Crippen molar-refractivity contribution in [2.45, 2.75) is 149 Å². The quantitative estimate of drug-likeness (QED) is 0.0539. The number of amides is 2. The Morgan fingerprint density at radius 1 is 0.717 bits per heavy atom. The first-order chi connectivity index (χ1) is 21.2. The number of hydrogen-bond donors (Lipinski definition) is 2. The molecule has 4 aliphatic rings. The van der Waals surface area contributed by atoms with Crippen LogP contribution in [0.3, 0.4) is 0 Å². The van der Waals surface area contributed by atoms with Crippen molar-refractivity contribution < 1.29 is 79.6 Å². The van der Waals surface area contributed by atoms with Crippen LogP contribution in [-0.4, -0.2) is 92.2 Å². The molecule has 0 aromatic heterocycles. The number of rotatable bonds is 12. The maximum absolute atomic E-state index is 13.0. The van der Waals surface area contributed by atoms with Crippen molar-refractivity contribution in [3.63, 3.8) is 0 Å². The Labute approximate surface area is 300 Å². The molecule has 0 heterocycles. The van der Waals surface area contributed by atoms with Crippen LogP contribution in [-0.2, 0) is 29.0 Å². The van der Waals surface area contributed by atoms with Crippen molar-refractivity contribution in [3.05, 3.63) is 0 Å². The molecule has 15 nitrogen and oxygen atoms in total. The molecule has 0 bridgehead atoms. The van der Waals surface area contributed by atoms with E-state index in [-0.39, 0.29) is 104 Å². The largest absolute Gasteiger partial charge is 1.00 e. The van der Waals surface area contributed by atoms with Crippen LogP contribution in [0, 0.1) is 0 Å². The van der Waals surface area contributed by atoms with E-state index in [1.165, 1.54) is 0 Å². The smallest absolute Gasteiger partial charge is 0.748 e. The zero-order valence-corrected chi connectivity index (χ0v) is 29.1. The molecule has 10 atom stereocenters. The molecule has 0 aromatic rings. The molecule has 4 aliphatic carbocycles. The number of urea groups is 1. The first-order valence-electron chi connectivity index (χ1n) is 15.7. The molecule has 0 spiro atoms. The Balaban J connectivity index is 0.00000368. The van der Waals surface area contributed by atoms with Crippen molar-refractivity contribution in [2.75, 3.05) is 14.2 Å². The van der Waals surface area contributed by atoms with Crippen LogP contribution in [0.4, 0.5) is 4.79 Å². The van der Waals surface area contributed by atoms with E-state index >= 15 is 0 Å². The van der Waals surface area contributed by atoms with E-state index in [2.05, 4.69) is 40.5 Å². The second-order valence-corrected chi connectivity index (χ2v) is 15.0. The first kappa shape index (κ1) is 41.9. The molecular formula is C27H46Li2N6O9S2. The number of ether oxygens (including phenoxy) is 2. The van der Waals surface area contributed by atoms with E-state index in [1.54, 1.807) is 14.2 Å². The van der Waals surface area contributed by atoms with Crippen molar-refractivity contribution in [1.29, 1.82) is 0 Å². The minimum Gasteiger partial charge on any atom is -0.748 e. The number of methoxy groups -OCH3 is 2. The fourth-order valence-electron chi connectivity index (χ4n) is 6.90. The van der Waals surface area contributed by atoms with E-state index in [4.69, 9.17) is 9.47 Å². The van der Waals surface area contributed by atoms with Crippen LogP contribution in [0.1, 0.15) is 89.9 Å². The summed E-state index contributed by atoms with van der Waals surface area (Å²) in [5.74, 6) is 0. The number of hydrogen-bond acceptors (Lipinski definition) is 14. The SMILES string of the molecule is COC1CC(N=NC2CCCC(SOO[O-])C2)CCC1NC(=O)NC1CCC(N=NC2CCCC(S(=O)(=O)[O-])C2)CC1OC.[Li+].[Li+]. The molecule has 0 aromatic carbocycles. The zero-order valence-electron chi connectivity index (χ0n) is 27.5. The van der Waals surface area contributed by atoms with Gasteiger partial charge < -0.3 is 29.9 Å². The normalized spacial score (nSPS) is 35.7. The second kappa shape index (κ2) is 21.1. The molecule has 252 valence electrons. The third-order valence-corrected chi connectivity index (χ3v) is 11.4. The van der Waals surface area contributed by atoms with Gasteiger partial charge in [-0.25, -0.2) is 13.2 Å². The van der Waals surface area contributed by atoms with Crippen LogP contribution in [0.15, 0.2) is 20.5 Å². The summed E-state index contributed by atoms with van der Waals surface area (Å²) in [6, 6.07) is -0.860. The third kappa shape index (κ3) is 13.2. The number of carbonyl (C=O) groups excluding carboxylic acids is 1. The number of nitrogens with one attached hydrogen (secondary N) is 2. The van der Waals surface area contributed by atoms with Gasteiger partial charge >= 0.3 is 43.8 Å². The van der Waals surface area contributed by atoms with Gasteiger partial charge in [0.1, 0.15) is 0 Å². The van der Waals surface area contributed by atoms with Gasteiger partial charge in [0.2, 0.25) is 0 Å². The van der Waals surface area contributed by atoms with E-state index < -0.39 is 15.4 Å². The monoisotopic (exact) mass is 676 g/mol. The summed E-state index contributed by atoms with van der Waals surface area (Å²) in [5, 5.41) is 37.1. The van der Waals surface area contributed by atoms with Gasteiger partial charge in [-0.2, -0.15) is 24.8 Å². The topological polar surface area (TPSA) is 208 Å². The number of carbonyl (C=O) groups is 1. The van der Waals surface area contributed by atoms with E-state index in [9.17, 15) is 23.0 Å². The van der Waals surface area contributed by atoms with Crippen LogP contribution in [0.5, 0.6) is 0 Å². The van der Waals surface area contributed by atoms with Gasteiger partial charge in [0.05, 0.1) is 63.8 Å². The maximum atomic E-state index is 13.0. The fraction of sp³-hybridized carbons (Fsp3) is 0.963. The molecule has 46 heavy (non-hydrogen) atoms. The molecule has 19 heteroatoms.